The van der Waals surface area contributed by atoms with Crippen LogP contribution in [0.1, 0.15) is 30.6 Å². The van der Waals surface area contributed by atoms with Crippen LogP contribution in [0.15, 0.2) is 33.5 Å². The maximum atomic E-state index is 13.1. The average molecular weight is 664 g/mol. The molecule has 0 radical (unpaired) electrons. The lowest BCUT2D eigenvalue weighted by Gasteiger charge is -2.41. The number of rotatable bonds is 10. The van der Waals surface area contributed by atoms with Gasteiger partial charge in [-0.15, -0.1) is 0 Å². The number of fused-ring (bicyclic) bond motifs is 2. The average Bonchev–Trinajstić information content (AvgIpc) is 3.01. The topological polar surface area (TPSA) is 196 Å². The third kappa shape index (κ3) is 7.92. The second-order valence-electron chi connectivity index (χ2n) is 10.9. The van der Waals surface area contributed by atoms with Gasteiger partial charge in [0.2, 0.25) is 6.29 Å². The van der Waals surface area contributed by atoms with Gasteiger partial charge in [0.15, 0.2) is 22.9 Å². The molecule has 5 rings (SSSR count). The van der Waals surface area contributed by atoms with Crippen LogP contribution in [-0.4, -0.2) is 115 Å². The van der Waals surface area contributed by atoms with Crippen LogP contribution < -0.4 is 15.5 Å². The Labute approximate surface area is 267 Å². The number of halogens is 1. The van der Waals surface area contributed by atoms with E-state index in [1.54, 1.807) is 0 Å². The maximum Gasteiger partial charge on any atom is 0.303 e. The molecule has 1 amide bonds. The van der Waals surface area contributed by atoms with Gasteiger partial charge in [-0.3, -0.25) is 24.1 Å². The first kappa shape index (κ1) is 33.5. The van der Waals surface area contributed by atoms with E-state index >= 15 is 0 Å². The molecule has 0 aromatic heterocycles. The highest BCUT2D eigenvalue weighted by atomic mass is 35.5. The van der Waals surface area contributed by atoms with Gasteiger partial charge in [0.05, 0.1) is 23.8 Å². The number of nitrogens with zero attached hydrogens (tertiary/aromatic N) is 2. The number of nitrogens with one attached hydrogen (secondary N) is 1. The molecule has 2 saturated heterocycles. The van der Waals surface area contributed by atoms with Crippen LogP contribution in [0, 0.1) is 0 Å². The standard InChI is InChI=1S/C30H34ClN3O12/c1-15(35)42-14-24-26(38)27(39)28(43-16(2)36)30(46-24)45-21-13-22-20(12-19(21)31)33-25-18(10-17(37)11-23(25)44-22)29(40)32-4-3-5-34-6-8-41-9-7-34/h10-13,24,26-28,30,38-39H,3-9,14H2,1-2H3,(H,32,40). The first-order chi connectivity index (χ1) is 22.0. The fourth-order valence-electron chi connectivity index (χ4n) is 5.18. The van der Waals surface area contributed by atoms with E-state index < -0.39 is 60.6 Å². The number of amides is 1. The van der Waals surface area contributed by atoms with Crippen LogP contribution in [0.5, 0.6) is 5.75 Å². The lowest BCUT2D eigenvalue weighted by molar-refractivity contribution is -0.282. The fraction of sp³-hybridized carbons (Fsp3) is 0.500. The summed E-state index contributed by atoms with van der Waals surface area (Å²) in [5, 5.41) is 24.0. The number of morpholine rings is 1. The van der Waals surface area contributed by atoms with Crippen LogP contribution in [0.3, 0.4) is 0 Å². The van der Waals surface area contributed by atoms with Crippen molar-refractivity contribution in [3.63, 3.8) is 0 Å². The summed E-state index contributed by atoms with van der Waals surface area (Å²) in [4.78, 5) is 55.5. The zero-order valence-corrected chi connectivity index (χ0v) is 25.9. The Morgan fingerprint density at radius 2 is 1.85 bits per heavy atom. The lowest BCUT2D eigenvalue weighted by atomic mass is 9.99. The van der Waals surface area contributed by atoms with Gasteiger partial charge in [0.1, 0.15) is 41.9 Å². The fourth-order valence-corrected chi connectivity index (χ4v) is 5.38. The third-order valence-corrected chi connectivity index (χ3v) is 7.74. The first-order valence-electron chi connectivity index (χ1n) is 14.7. The number of hydrogen-bond donors (Lipinski definition) is 3. The van der Waals surface area contributed by atoms with Crippen molar-refractivity contribution in [2.75, 3.05) is 46.0 Å². The van der Waals surface area contributed by atoms with Gasteiger partial charge in [-0.2, -0.15) is 0 Å². The van der Waals surface area contributed by atoms with E-state index in [9.17, 15) is 29.4 Å². The number of ether oxygens (including phenoxy) is 5. The van der Waals surface area contributed by atoms with Crippen molar-refractivity contribution < 1.29 is 52.7 Å². The Bertz CT molecular complexity index is 1610. The number of carbonyl (C=O) groups excluding carboxylic acids is 3. The molecule has 3 N–H and O–H groups in total. The summed E-state index contributed by atoms with van der Waals surface area (Å²) in [6.45, 7) is 6.09. The molecular formula is C30H34ClN3O12. The molecule has 46 heavy (non-hydrogen) atoms. The molecule has 248 valence electrons. The molecule has 0 spiro atoms. The summed E-state index contributed by atoms with van der Waals surface area (Å²) in [7, 11) is 0. The monoisotopic (exact) mass is 663 g/mol. The Kier molecular flexibility index (Phi) is 10.7. The van der Waals surface area contributed by atoms with E-state index in [-0.39, 0.29) is 38.9 Å². The molecule has 2 fully saturated rings. The highest BCUT2D eigenvalue weighted by Gasteiger charge is 2.48. The van der Waals surface area contributed by atoms with Crippen LogP contribution in [-0.2, 0) is 28.5 Å². The Hall–Kier alpha value is -3.86. The number of esters is 2. The number of hydrogen-bond acceptors (Lipinski definition) is 14. The Morgan fingerprint density at radius 3 is 2.57 bits per heavy atom. The molecule has 1 aliphatic carbocycles. The number of benzene rings is 2. The molecule has 1 aromatic rings. The molecule has 5 unspecified atom stereocenters. The second-order valence-corrected chi connectivity index (χ2v) is 11.3. The summed E-state index contributed by atoms with van der Waals surface area (Å²) < 4.78 is 33.0. The smallest absolute Gasteiger partial charge is 0.303 e. The highest BCUT2D eigenvalue weighted by molar-refractivity contribution is 6.32. The maximum absolute atomic E-state index is 13.1. The molecule has 5 atom stereocenters. The quantitative estimate of drug-likeness (QED) is 0.156. The van der Waals surface area contributed by atoms with Gasteiger partial charge in [0.25, 0.3) is 5.91 Å². The minimum Gasteiger partial charge on any atom is -0.463 e. The van der Waals surface area contributed by atoms with Crippen LogP contribution in [0.2, 0.25) is 5.02 Å². The second kappa shape index (κ2) is 14.7. The van der Waals surface area contributed by atoms with Crippen molar-refractivity contribution in [1.29, 1.82) is 0 Å². The number of carbonyl (C=O) groups is 3. The van der Waals surface area contributed by atoms with E-state index in [1.165, 1.54) is 24.3 Å². The van der Waals surface area contributed by atoms with Gasteiger partial charge in [-0.05, 0) is 19.0 Å². The van der Waals surface area contributed by atoms with Crippen molar-refractivity contribution in [1.82, 2.24) is 15.2 Å². The SMILES string of the molecule is CC(=O)OCC1OC(Oc2cc3oc4cc(=O)cc(C(=O)NCCCN5CCOCC5)c-4nc3cc2Cl)C(OC(C)=O)C(O)C1O. The predicted octanol–water partition coefficient (Wildman–Crippen LogP) is 0.719. The summed E-state index contributed by atoms with van der Waals surface area (Å²) >= 11 is 6.52. The summed E-state index contributed by atoms with van der Waals surface area (Å²) in [6, 6.07) is 5.13. The van der Waals surface area contributed by atoms with Crippen molar-refractivity contribution in [2.45, 2.75) is 51.0 Å². The number of aliphatic hydroxyl groups excluding tert-OH is 2. The minimum absolute atomic E-state index is 0.00596. The molecule has 3 heterocycles. The zero-order valence-electron chi connectivity index (χ0n) is 25.1. The van der Waals surface area contributed by atoms with Crippen molar-refractivity contribution in [3.8, 4) is 17.2 Å². The van der Waals surface area contributed by atoms with E-state index in [4.69, 9.17) is 39.7 Å². The van der Waals surface area contributed by atoms with Crippen molar-refractivity contribution in [2.24, 2.45) is 0 Å². The highest BCUT2D eigenvalue weighted by Crippen LogP contribution is 2.36. The molecular weight excluding hydrogens is 630 g/mol. The molecule has 1 aromatic carbocycles. The van der Waals surface area contributed by atoms with Crippen LogP contribution in [0.4, 0.5) is 0 Å². The summed E-state index contributed by atoms with van der Waals surface area (Å²) in [5.74, 6) is -1.92. The number of aliphatic hydroxyl groups is 2. The molecule has 0 bridgehead atoms. The molecule has 16 heteroatoms. The molecule has 4 aliphatic rings. The lowest BCUT2D eigenvalue weighted by Crippen LogP contribution is -2.61. The predicted molar refractivity (Wildman–Crippen MR) is 160 cm³/mol. The summed E-state index contributed by atoms with van der Waals surface area (Å²) in [6.07, 6.45) is -6.76. The van der Waals surface area contributed by atoms with Crippen LogP contribution in [0.25, 0.3) is 22.6 Å². The Balaban J connectivity index is 1.38. The molecule has 0 saturated carbocycles. The number of aromatic nitrogens is 1. The van der Waals surface area contributed by atoms with Crippen molar-refractivity contribution >= 4 is 40.5 Å². The first-order valence-corrected chi connectivity index (χ1v) is 15.0. The van der Waals surface area contributed by atoms with E-state index in [0.717, 1.165) is 33.5 Å². The third-order valence-electron chi connectivity index (χ3n) is 7.44. The van der Waals surface area contributed by atoms with Gasteiger partial charge in [-0.25, -0.2) is 4.98 Å². The van der Waals surface area contributed by atoms with Crippen LogP contribution >= 0.6 is 11.6 Å². The molecule has 3 aliphatic heterocycles. The molecule has 15 nitrogen and oxygen atoms in total. The van der Waals surface area contributed by atoms with E-state index in [0.29, 0.717) is 26.2 Å². The van der Waals surface area contributed by atoms with Gasteiger partial charge in [-0.1, -0.05) is 11.6 Å². The summed E-state index contributed by atoms with van der Waals surface area (Å²) in [5.41, 5.74) is 0.0774. The normalized spacial score (nSPS) is 23.6. The minimum atomic E-state index is -1.67. The van der Waals surface area contributed by atoms with E-state index in [2.05, 4.69) is 15.2 Å². The van der Waals surface area contributed by atoms with Crippen molar-refractivity contribution in [3.05, 3.63) is 45.1 Å². The Morgan fingerprint density at radius 1 is 1.09 bits per heavy atom. The largest absolute Gasteiger partial charge is 0.463 e. The van der Waals surface area contributed by atoms with Gasteiger partial charge >= 0.3 is 11.9 Å². The van der Waals surface area contributed by atoms with E-state index in [1.807, 2.05) is 0 Å². The van der Waals surface area contributed by atoms with Gasteiger partial charge in [0, 0.05) is 51.7 Å². The van der Waals surface area contributed by atoms with Gasteiger partial charge < -0.3 is 43.6 Å². The zero-order chi connectivity index (χ0) is 33.0.